The van der Waals surface area contributed by atoms with Gasteiger partial charge in [0.1, 0.15) is 6.54 Å². The van der Waals surface area contributed by atoms with Gasteiger partial charge in [-0.05, 0) is 31.0 Å². The molecule has 6 nitrogen and oxygen atoms in total. The quantitative estimate of drug-likeness (QED) is 0.838. The van der Waals surface area contributed by atoms with Crippen molar-refractivity contribution in [3.8, 4) is 0 Å². The monoisotopic (exact) mass is 292 g/mol. The van der Waals surface area contributed by atoms with Crippen LogP contribution in [0.2, 0.25) is 0 Å². The molecule has 0 fully saturated rings. The Morgan fingerprint density at radius 1 is 1.29 bits per heavy atom. The van der Waals surface area contributed by atoms with Crippen LogP contribution in [0.25, 0.3) is 0 Å². The lowest BCUT2D eigenvalue weighted by Gasteiger charge is -2.21. The van der Waals surface area contributed by atoms with E-state index in [2.05, 4.69) is 5.32 Å². The van der Waals surface area contributed by atoms with Gasteiger partial charge < -0.3 is 15.3 Å². The lowest BCUT2D eigenvalue weighted by molar-refractivity contribution is -0.137. The van der Waals surface area contributed by atoms with Gasteiger partial charge in [-0.3, -0.25) is 14.4 Å². The summed E-state index contributed by atoms with van der Waals surface area (Å²) >= 11 is 0. The van der Waals surface area contributed by atoms with Gasteiger partial charge >= 0.3 is 5.97 Å². The van der Waals surface area contributed by atoms with Gasteiger partial charge in [0.15, 0.2) is 0 Å². The van der Waals surface area contributed by atoms with Crippen molar-refractivity contribution >= 4 is 23.5 Å². The second kappa shape index (κ2) is 7.42. The van der Waals surface area contributed by atoms with E-state index in [4.69, 9.17) is 5.11 Å². The highest BCUT2D eigenvalue weighted by Crippen LogP contribution is 2.20. The van der Waals surface area contributed by atoms with Crippen LogP contribution in [-0.2, 0) is 9.59 Å². The van der Waals surface area contributed by atoms with Crippen LogP contribution < -0.4 is 5.32 Å². The van der Waals surface area contributed by atoms with E-state index in [-0.39, 0.29) is 18.4 Å². The van der Waals surface area contributed by atoms with Gasteiger partial charge in [-0.15, -0.1) is 0 Å². The molecule has 0 aliphatic carbocycles. The van der Waals surface area contributed by atoms with Gasteiger partial charge in [0.05, 0.1) is 0 Å². The lowest BCUT2D eigenvalue weighted by Crippen LogP contribution is -2.36. The molecule has 2 amide bonds. The Labute approximate surface area is 123 Å². The summed E-state index contributed by atoms with van der Waals surface area (Å²) in [5.74, 6) is -1.62. The first-order valence-corrected chi connectivity index (χ1v) is 6.75. The van der Waals surface area contributed by atoms with Crippen LogP contribution >= 0.6 is 0 Å². The number of benzene rings is 1. The highest BCUT2D eigenvalue weighted by Gasteiger charge is 2.20. The van der Waals surface area contributed by atoms with Crippen LogP contribution in [0.4, 0.5) is 5.69 Å². The number of anilines is 1. The molecular weight excluding hydrogens is 272 g/mol. The third-order valence-corrected chi connectivity index (χ3v) is 2.98. The van der Waals surface area contributed by atoms with Gasteiger partial charge in [0.2, 0.25) is 5.91 Å². The second-order valence-corrected chi connectivity index (χ2v) is 4.78. The maximum atomic E-state index is 12.5. The topological polar surface area (TPSA) is 86.7 Å². The number of carboxylic acid groups (broad SMARTS) is 1. The Morgan fingerprint density at radius 2 is 1.95 bits per heavy atom. The zero-order chi connectivity index (χ0) is 16.0. The maximum absolute atomic E-state index is 12.5. The molecule has 6 heteroatoms. The molecule has 2 N–H and O–H groups in total. The molecular formula is C15H20N2O4. The van der Waals surface area contributed by atoms with Crippen LogP contribution in [0.1, 0.15) is 36.2 Å². The standard InChI is InChI=1S/C15H20N2O4/c1-4-8-17(9-14(19)20)15(21)12-6-5-7-13(10(12)2)16-11(3)18/h5-7H,4,8-9H2,1-3H3,(H,16,18)(H,19,20). The van der Waals surface area contributed by atoms with Crippen molar-refractivity contribution in [1.29, 1.82) is 0 Å². The number of nitrogens with one attached hydrogen (secondary N) is 1. The summed E-state index contributed by atoms with van der Waals surface area (Å²) in [4.78, 5) is 35.8. The molecule has 1 aromatic carbocycles. The summed E-state index contributed by atoms with van der Waals surface area (Å²) in [5.41, 5.74) is 1.58. The molecule has 21 heavy (non-hydrogen) atoms. The number of carbonyl (C=O) groups is 3. The summed E-state index contributed by atoms with van der Waals surface area (Å²) in [6.45, 7) is 5.03. The summed E-state index contributed by atoms with van der Waals surface area (Å²) in [6.07, 6.45) is 0.670. The smallest absolute Gasteiger partial charge is 0.323 e. The van der Waals surface area contributed by atoms with Crippen molar-refractivity contribution in [1.82, 2.24) is 4.90 Å². The van der Waals surface area contributed by atoms with Gasteiger partial charge in [0, 0.05) is 24.7 Å². The van der Waals surface area contributed by atoms with Crippen LogP contribution in [0.3, 0.4) is 0 Å². The Morgan fingerprint density at radius 3 is 2.48 bits per heavy atom. The minimum atomic E-state index is -1.05. The molecule has 0 spiro atoms. The summed E-state index contributed by atoms with van der Waals surface area (Å²) in [5, 5.41) is 11.6. The number of nitrogens with zero attached hydrogens (tertiary/aromatic N) is 1. The average molecular weight is 292 g/mol. The third-order valence-electron chi connectivity index (χ3n) is 2.98. The molecule has 0 radical (unpaired) electrons. The first-order chi connectivity index (χ1) is 9.86. The van der Waals surface area contributed by atoms with Crippen molar-refractivity contribution < 1.29 is 19.5 Å². The predicted octanol–water partition coefficient (Wildman–Crippen LogP) is 1.89. The Balaban J connectivity index is 3.09. The van der Waals surface area contributed by atoms with E-state index in [1.165, 1.54) is 11.8 Å². The van der Waals surface area contributed by atoms with E-state index in [1.807, 2.05) is 6.92 Å². The lowest BCUT2D eigenvalue weighted by atomic mass is 10.0. The molecule has 0 unspecified atom stereocenters. The molecule has 0 saturated carbocycles. The van der Waals surface area contributed by atoms with E-state index in [0.717, 1.165) is 0 Å². The van der Waals surface area contributed by atoms with Crippen molar-refractivity contribution in [2.45, 2.75) is 27.2 Å². The number of hydrogen-bond acceptors (Lipinski definition) is 3. The molecule has 0 atom stereocenters. The molecule has 1 rings (SSSR count). The Bertz CT molecular complexity index is 555. The van der Waals surface area contributed by atoms with Crippen molar-refractivity contribution in [3.63, 3.8) is 0 Å². The average Bonchev–Trinajstić information content (AvgIpc) is 2.39. The molecule has 0 aromatic heterocycles. The zero-order valence-corrected chi connectivity index (χ0v) is 12.5. The molecule has 0 aliphatic heterocycles. The molecule has 114 valence electrons. The molecule has 0 bridgehead atoms. The van der Waals surface area contributed by atoms with Crippen LogP contribution in [-0.4, -0.2) is 40.9 Å². The molecule has 0 heterocycles. The first-order valence-electron chi connectivity index (χ1n) is 6.75. The first kappa shape index (κ1) is 16.7. The number of carbonyl (C=O) groups excluding carboxylic acids is 2. The fourth-order valence-electron chi connectivity index (χ4n) is 2.05. The molecule has 0 aliphatic rings. The highest BCUT2D eigenvalue weighted by molar-refractivity contribution is 6.00. The SMILES string of the molecule is CCCN(CC(=O)O)C(=O)c1cccc(NC(C)=O)c1C. The summed E-state index contributed by atoms with van der Waals surface area (Å²) < 4.78 is 0. The minimum Gasteiger partial charge on any atom is -0.480 e. The van der Waals surface area contributed by atoms with Gasteiger partial charge in [0.25, 0.3) is 5.91 Å². The normalized spacial score (nSPS) is 10.0. The zero-order valence-electron chi connectivity index (χ0n) is 12.5. The number of rotatable bonds is 6. The maximum Gasteiger partial charge on any atom is 0.323 e. The third kappa shape index (κ3) is 4.59. The number of hydrogen-bond donors (Lipinski definition) is 2. The van der Waals surface area contributed by atoms with Crippen molar-refractivity contribution in [3.05, 3.63) is 29.3 Å². The van der Waals surface area contributed by atoms with E-state index >= 15 is 0 Å². The number of amides is 2. The number of carboxylic acids is 1. The largest absolute Gasteiger partial charge is 0.480 e. The van der Waals surface area contributed by atoms with E-state index < -0.39 is 5.97 Å². The van der Waals surface area contributed by atoms with E-state index in [9.17, 15) is 14.4 Å². The fourth-order valence-corrected chi connectivity index (χ4v) is 2.05. The fraction of sp³-hybridized carbons (Fsp3) is 0.400. The molecule has 0 saturated heterocycles. The second-order valence-electron chi connectivity index (χ2n) is 4.78. The summed E-state index contributed by atoms with van der Waals surface area (Å²) in [7, 11) is 0. The van der Waals surface area contributed by atoms with Crippen molar-refractivity contribution in [2.75, 3.05) is 18.4 Å². The Hall–Kier alpha value is -2.37. The predicted molar refractivity (Wildman–Crippen MR) is 79.3 cm³/mol. The van der Waals surface area contributed by atoms with Crippen LogP contribution in [0.15, 0.2) is 18.2 Å². The van der Waals surface area contributed by atoms with E-state index in [0.29, 0.717) is 29.8 Å². The van der Waals surface area contributed by atoms with Gasteiger partial charge in [-0.25, -0.2) is 0 Å². The Kier molecular flexibility index (Phi) is 5.90. The molecule has 1 aromatic rings. The van der Waals surface area contributed by atoms with Gasteiger partial charge in [-0.1, -0.05) is 13.0 Å². The van der Waals surface area contributed by atoms with Crippen LogP contribution in [0.5, 0.6) is 0 Å². The summed E-state index contributed by atoms with van der Waals surface area (Å²) in [6, 6.07) is 5.00. The van der Waals surface area contributed by atoms with Crippen LogP contribution in [0, 0.1) is 6.92 Å². The van der Waals surface area contributed by atoms with Crippen molar-refractivity contribution in [2.24, 2.45) is 0 Å². The number of aliphatic carboxylic acids is 1. The van der Waals surface area contributed by atoms with E-state index in [1.54, 1.807) is 25.1 Å². The highest BCUT2D eigenvalue weighted by atomic mass is 16.4. The minimum absolute atomic E-state index is 0.223. The van der Waals surface area contributed by atoms with Gasteiger partial charge in [-0.2, -0.15) is 0 Å².